The van der Waals surface area contributed by atoms with E-state index in [1.807, 2.05) is 0 Å². The maximum Gasteiger partial charge on any atom is 0.268 e. The van der Waals surface area contributed by atoms with Crippen LogP contribution in [-0.2, 0) is 18.3 Å². The summed E-state index contributed by atoms with van der Waals surface area (Å²) < 4.78 is 38.0. The van der Waals surface area contributed by atoms with Crippen LogP contribution in [0.4, 0.5) is 4.39 Å². The molecule has 0 bridgehead atoms. The van der Waals surface area contributed by atoms with Gasteiger partial charge in [-0.2, -0.15) is 0 Å². The van der Waals surface area contributed by atoms with Gasteiger partial charge < -0.3 is 18.7 Å². The van der Waals surface area contributed by atoms with Crippen LogP contribution in [0, 0.1) is 0 Å². The second kappa shape index (κ2) is 4.93. The van der Waals surface area contributed by atoms with Crippen molar-refractivity contribution in [3.05, 3.63) is 0 Å². The fourth-order valence-electron chi connectivity index (χ4n) is 1.39. The lowest BCUT2D eigenvalue weighted by Gasteiger charge is -2.27. The Morgan fingerprint density at radius 1 is 1.67 bits per heavy atom. The Bertz CT molecular complexity index is 266. The molecule has 0 N–H and O–H groups in total. The van der Waals surface area contributed by atoms with Crippen LogP contribution in [0.15, 0.2) is 0 Å². The molecule has 86 valence electrons. The van der Waals surface area contributed by atoms with E-state index >= 15 is 0 Å². The van der Waals surface area contributed by atoms with Crippen LogP contribution in [0.1, 0.15) is 13.3 Å². The SMILES string of the molecule is [B][C@@H]1O[C@H](CC)C(OP(=O)([O-])OC)C1F. The van der Waals surface area contributed by atoms with E-state index in [2.05, 4.69) is 9.05 Å². The molecular weight excluding hydrogens is 225 g/mol. The maximum absolute atomic E-state index is 13.4. The zero-order valence-electron chi connectivity index (χ0n) is 8.46. The molecule has 0 aromatic heterocycles. The summed E-state index contributed by atoms with van der Waals surface area (Å²) in [4.78, 5) is 11.0. The van der Waals surface area contributed by atoms with Gasteiger partial charge in [-0.3, -0.25) is 4.57 Å². The molecule has 1 rings (SSSR count). The number of hydrogen-bond donors (Lipinski definition) is 0. The fourth-order valence-corrected chi connectivity index (χ4v) is 2.03. The zero-order valence-corrected chi connectivity index (χ0v) is 9.35. The molecular formula is C7H12BFO5P-. The summed E-state index contributed by atoms with van der Waals surface area (Å²) in [5.74, 6) is 0. The van der Waals surface area contributed by atoms with E-state index in [0.717, 1.165) is 7.11 Å². The standard InChI is InChI=1S/C7H13BFO5P/c1-3-4-6(5(9)7(8)13-4)14-15(10,11)12-2/h4-7H,3H2,1-2H3,(H,10,11)/p-1/t4-,5?,6?,7-/m1/s1. The van der Waals surface area contributed by atoms with Crippen LogP contribution in [0.5, 0.6) is 0 Å². The molecule has 8 heteroatoms. The van der Waals surface area contributed by atoms with Gasteiger partial charge in [0.05, 0.1) is 12.1 Å². The van der Waals surface area contributed by atoms with Gasteiger partial charge in [-0.1, -0.05) is 6.92 Å². The Balaban J connectivity index is 2.70. The first-order valence-corrected chi connectivity index (χ1v) is 5.97. The molecule has 0 aliphatic carbocycles. The average molecular weight is 237 g/mol. The minimum atomic E-state index is -4.46. The Hall–Kier alpha value is 0.0649. The zero-order chi connectivity index (χ0) is 11.6. The summed E-state index contributed by atoms with van der Waals surface area (Å²) >= 11 is 0. The summed E-state index contributed by atoms with van der Waals surface area (Å²) in [5.41, 5.74) is 0. The molecule has 1 saturated heterocycles. The smallest absolute Gasteiger partial charge is 0.268 e. The lowest BCUT2D eigenvalue weighted by atomic mass is 9.94. The molecule has 0 saturated carbocycles. The van der Waals surface area contributed by atoms with Crippen molar-refractivity contribution in [1.82, 2.24) is 0 Å². The van der Waals surface area contributed by atoms with E-state index in [1.54, 1.807) is 6.92 Å². The minimum absolute atomic E-state index is 0.405. The third-order valence-electron chi connectivity index (χ3n) is 2.20. The van der Waals surface area contributed by atoms with E-state index in [4.69, 9.17) is 12.6 Å². The highest BCUT2D eigenvalue weighted by Gasteiger charge is 2.44. The molecule has 15 heavy (non-hydrogen) atoms. The van der Waals surface area contributed by atoms with Gasteiger partial charge in [-0.15, -0.1) is 0 Å². The van der Waals surface area contributed by atoms with Crippen molar-refractivity contribution in [1.29, 1.82) is 0 Å². The van der Waals surface area contributed by atoms with Gasteiger partial charge in [0.25, 0.3) is 7.82 Å². The minimum Gasteiger partial charge on any atom is -0.756 e. The summed E-state index contributed by atoms with van der Waals surface area (Å²) in [5, 5.41) is 0. The molecule has 1 heterocycles. The molecule has 5 atom stereocenters. The second-order valence-electron chi connectivity index (χ2n) is 3.19. The van der Waals surface area contributed by atoms with E-state index in [9.17, 15) is 13.8 Å². The summed E-state index contributed by atoms with van der Waals surface area (Å²) in [6, 6.07) is -1.16. The highest BCUT2D eigenvalue weighted by Crippen LogP contribution is 2.43. The molecule has 5 nitrogen and oxygen atoms in total. The number of phosphoric ester groups is 1. The van der Waals surface area contributed by atoms with Gasteiger partial charge in [0.15, 0.2) is 0 Å². The van der Waals surface area contributed by atoms with Crippen molar-refractivity contribution < 1.29 is 27.6 Å². The van der Waals surface area contributed by atoms with Crippen molar-refractivity contribution in [2.24, 2.45) is 0 Å². The summed E-state index contributed by atoms with van der Waals surface area (Å²) in [6.45, 7) is 1.72. The first kappa shape index (κ1) is 13.1. The van der Waals surface area contributed by atoms with Gasteiger partial charge in [0.1, 0.15) is 20.1 Å². The number of rotatable bonds is 4. The number of phosphoric acid groups is 1. The first-order valence-electron chi connectivity index (χ1n) is 4.51. The lowest BCUT2D eigenvalue weighted by Crippen LogP contribution is -2.33. The van der Waals surface area contributed by atoms with Crippen LogP contribution in [0.2, 0.25) is 0 Å². The number of hydrogen-bond acceptors (Lipinski definition) is 5. The molecule has 1 fully saturated rings. The molecule has 0 aromatic carbocycles. The predicted molar refractivity (Wildman–Crippen MR) is 49.1 cm³/mol. The van der Waals surface area contributed by atoms with E-state index in [0.29, 0.717) is 6.42 Å². The van der Waals surface area contributed by atoms with Crippen LogP contribution in [-0.4, -0.2) is 39.3 Å². The van der Waals surface area contributed by atoms with Gasteiger partial charge in [0, 0.05) is 7.11 Å². The van der Waals surface area contributed by atoms with Crippen LogP contribution >= 0.6 is 7.82 Å². The maximum atomic E-state index is 13.4. The molecule has 0 aromatic rings. The largest absolute Gasteiger partial charge is 0.756 e. The van der Waals surface area contributed by atoms with E-state index in [-0.39, 0.29) is 0 Å². The topological polar surface area (TPSA) is 67.8 Å². The van der Waals surface area contributed by atoms with Crippen LogP contribution in [0.3, 0.4) is 0 Å². The molecule has 2 radical (unpaired) electrons. The molecule has 1 aliphatic heterocycles. The molecule has 3 unspecified atom stereocenters. The Morgan fingerprint density at radius 2 is 2.27 bits per heavy atom. The van der Waals surface area contributed by atoms with Crippen molar-refractivity contribution in [2.75, 3.05) is 7.11 Å². The summed E-state index contributed by atoms with van der Waals surface area (Å²) in [7, 11) is 1.76. The molecule has 0 spiro atoms. The Kier molecular flexibility index (Phi) is 4.32. The highest BCUT2D eigenvalue weighted by atomic mass is 31.2. The average Bonchev–Trinajstić information content (AvgIpc) is 2.45. The molecule has 0 amide bonds. The second-order valence-corrected chi connectivity index (χ2v) is 4.66. The fraction of sp³-hybridized carbons (Fsp3) is 1.00. The Morgan fingerprint density at radius 3 is 2.73 bits per heavy atom. The van der Waals surface area contributed by atoms with Crippen molar-refractivity contribution >= 4 is 15.7 Å². The van der Waals surface area contributed by atoms with E-state index in [1.165, 1.54) is 0 Å². The lowest BCUT2D eigenvalue weighted by molar-refractivity contribution is -0.229. The monoisotopic (exact) mass is 237 g/mol. The normalized spacial score (nSPS) is 40.3. The van der Waals surface area contributed by atoms with Crippen LogP contribution < -0.4 is 4.89 Å². The summed E-state index contributed by atoms with van der Waals surface area (Å²) in [6.07, 6.45) is -3.17. The van der Waals surface area contributed by atoms with Gasteiger partial charge in [-0.25, -0.2) is 4.39 Å². The van der Waals surface area contributed by atoms with Crippen molar-refractivity contribution in [3.63, 3.8) is 0 Å². The van der Waals surface area contributed by atoms with Gasteiger partial charge in [0.2, 0.25) is 0 Å². The van der Waals surface area contributed by atoms with Crippen molar-refractivity contribution in [2.45, 2.75) is 37.7 Å². The third-order valence-corrected chi connectivity index (χ3v) is 3.15. The Labute approximate surface area is 88.9 Å². The third kappa shape index (κ3) is 3.01. The van der Waals surface area contributed by atoms with E-state index < -0.39 is 32.2 Å². The van der Waals surface area contributed by atoms with Crippen molar-refractivity contribution in [3.8, 4) is 0 Å². The predicted octanol–water partition coefficient (Wildman–Crippen LogP) is 0.128. The van der Waals surface area contributed by atoms with Crippen LogP contribution in [0.25, 0.3) is 0 Å². The number of ether oxygens (including phenoxy) is 1. The van der Waals surface area contributed by atoms with Gasteiger partial charge >= 0.3 is 0 Å². The molecule has 1 aliphatic rings. The van der Waals surface area contributed by atoms with Gasteiger partial charge in [-0.05, 0) is 6.42 Å². The number of halogens is 1. The first-order chi connectivity index (χ1) is 6.91. The highest BCUT2D eigenvalue weighted by molar-refractivity contribution is 7.45. The quantitative estimate of drug-likeness (QED) is 0.513. The number of alkyl halides is 1.